The van der Waals surface area contributed by atoms with E-state index in [1.54, 1.807) is 6.92 Å². The molecule has 0 fully saturated rings. The third-order valence-electron chi connectivity index (χ3n) is 4.04. The van der Waals surface area contributed by atoms with E-state index in [4.69, 9.17) is 0 Å². The average Bonchev–Trinajstić information content (AvgIpc) is 2.55. The first kappa shape index (κ1) is 15.1. The van der Waals surface area contributed by atoms with E-state index in [1.807, 2.05) is 72.8 Å². The molecule has 1 unspecified atom stereocenters. The lowest BCUT2D eigenvalue weighted by Gasteiger charge is -2.28. The molecule has 3 aromatic rings. The molecule has 2 N–H and O–H groups in total. The number of anilines is 1. The summed E-state index contributed by atoms with van der Waals surface area (Å²) in [6.07, 6.45) is 0.413. The van der Waals surface area contributed by atoms with Crippen molar-refractivity contribution in [1.29, 1.82) is 0 Å². The fourth-order valence-electron chi connectivity index (χ4n) is 2.76. The monoisotopic (exact) mass is 305 g/mol. The second kappa shape index (κ2) is 6.13. The number of carboxylic acid groups (broad SMARTS) is 1. The molecule has 0 heterocycles. The lowest BCUT2D eigenvalue weighted by Crippen LogP contribution is -2.45. The third-order valence-corrected chi connectivity index (χ3v) is 4.04. The number of carboxylic acids is 1. The summed E-state index contributed by atoms with van der Waals surface area (Å²) in [4.78, 5) is 11.8. The molecular weight excluding hydrogens is 286 g/mol. The quantitative estimate of drug-likeness (QED) is 0.737. The van der Waals surface area contributed by atoms with Crippen LogP contribution in [0.1, 0.15) is 12.5 Å². The molecular formula is C20H19NO2. The SMILES string of the molecule is CC(Cc1ccccc1)(Nc1ccc2ccccc2c1)C(=O)O. The smallest absolute Gasteiger partial charge is 0.329 e. The van der Waals surface area contributed by atoms with Crippen molar-refractivity contribution in [3.63, 3.8) is 0 Å². The Labute approximate surface area is 135 Å². The molecule has 3 aromatic carbocycles. The minimum Gasteiger partial charge on any atom is -0.480 e. The van der Waals surface area contributed by atoms with E-state index in [-0.39, 0.29) is 0 Å². The minimum atomic E-state index is -1.07. The molecule has 3 nitrogen and oxygen atoms in total. The maximum atomic E-state index is 11.8. The van der Waals surface area contributed by atoms with Gasteiger partial charge in [-0.3, -0.25) is 0 Å². The summed E-state index contributed by atoms with van der Waals surface area (Å²) in [6, 6.07) is 23.6. The Morgan fingerprint density at radius 3 is 2.30 bits per heavy atom. The summed E-state index contributed by atoms with van der Waals surface area (Å²) in [5.41, 5.74) is 0.735. The molecule has 1 atom stereocenters. The van der Waals surface area contributed by atoms with Crippen LogP contribution in [0.3, 0.4) is 0 Å². The first-order valence-electron chi connectivity index (χ1n) is 7.61. The normalized spacial score (nSPS) is 13.4. The molecule has 0 bridgehead atoms. The molecule has 0 aromatic heterocycles. The van der Waals surface area contributed by atoms with Crippen LogP contribution in [0.4, 0.5) is 5.69 Å². The number of hydrogen-bond donors (Lipinski definition) is 2. The molecule has 0 aliphatic heterocycles. The minimum absolute atomic E-state index is 0.413. The highest BCUT2D eigenvalue weighted by molar-refractivity contribution is 5.88. The van der Waals surface area contributed by atoms with Gasteiger partial charge < -0.3 is 10.4 Å². The molecule has 3 rings (SSSR count). The second-order valence-electron chi connectivity index (χ2n) is 5.99. The summed E-state index contributed by atoms with van der Waals surface area (Å²) in [5.74, 6) is -0.866. The highest BCUT2D eigenvalue weighted by atomic mass is 16.4. The largest absolute Gasteiger partial charge is 0.480 e. The second-order valence-corrected chi connectivity index (χ2v) is 5.99. The maximum Gasteiger partial charge on any atom is 0.329 e. The van der Waals surface area contributed by atoms with Crippen LogP contribution < -0.4 is 5.32 Å². The van der Waals surface area contributed by atoms with Gasteiger partial charge in [-0.2, -0.15) is 0 Å². The Kier molecular flexibility index (Phi) is 4.02. The van der Waals surface area contributed by atoms with Gasteiger partial charge in [-0.15, -0.1) is 0 Å². The number of aliphatic carboxylic acids is 1. The number of hydrogen-bond acceptors (Lipinski definition) is 2. The van der Waals surface area contributed by atoms with Crippen molar-refractivity contribution in [2.24, 2.45) is 0 Å². The highest BCUT2D eigenvalue weighted by Gasteiger charge is 2.33. The first-order valence-corrected chi connectivity index (χ1v) is 7.61. The van der Waals surface area contributed by atoms with Crippen molar-refractivity contribution in [2.45, 2.75) is 18.9 Å². The van der Waals surface area contributed by atoms with Crippen molar-refractivity contribution in [2.75, 3.05) is 5.32 Å². The van der Waals surface area contributed by atoms with Crippen LogP contribution in [0.5, 0.6) is 0 Å². The van der Waals surface area contributed by atoms with Crippen molar-refractivity contribution in [3.8, 4) is 0 Å². The van der Waals surface area contributed by atoms with Crippen LogP contribution in [-0.2, 0) is 11.2 Å². The first-order chi connectivity index (χ1) is 11.1. The lowest BCUT2D eigenvalue weighted by molar-refractivity contribution is -0.141. The predicted octanol–water partition coefficient (Wildman–Crippen LogP) is 4.34. The molecule has 0 aliphatic carbocycles. The van der Waals surface area contributed by atoms with Gasteiger partial charge in [0.2, 0.25) is 0 Å². The topological polar surface area (TPSA) is 49.3 Å². The van der Waals surface area contributed by atoms with Crippen LogP contribution >= 0.6 is 0 Å². The summed E-state index contributed by atoms with van der Waals surface area (Å²) >= 11 is 0. The van der Waals surface area contributed by atoms with Gasteiger partial charge in [0.1, 0.15) is 5.54 Å². The number of benzene rings is 3. The van der Waals surface area contributed by atoms with Crippen molar-refractivity contribution in [3.05, 3.63) is 78.4 Å². The van der Waals surface area contributed by atoms with E-state index in [2.05, 4.69) is 5.32 Å². The van der Waals surface area contributed by atoms with Gasteiger partial charge in [0.05, 0.1) is 0 Å². The van der Waals surface area contributed by atoms with Gasteiger partial charge in [-0.1, -0.05) is 60.7 Å². The molecule has 0 saturated carbocycles. The van der Waals surface area contributed by atoms with Crippen molar-refractivity contribution >= 4 is 22.4 Å². The molecule has 3 heteroatoms. The lowest BCUT2D eigenvalue weighted by atomic mass is 9.92. The average molecular weight is 305 g/mol. The van der Waals surface area contributed by atoms with Gasteiger partial charge in [-0.25, -0.2) is 4.79 Å². The van der Waals surface area contributed by atoms with E-state index in [0.717, 1.165) is 22.0 Å². The van der Waals surface area contributed by atoms with Crippen molar-refractivity contribution in [1.82, 2.24) is 0 Å². The Morgan fingerprint density at radius 1 is 0.957 bits per heavy atom. The fraction of sp³-hybridized carbons (Fsp3) is 0.150. The van der Waals surface area contributed by atoms with Crippen molar-refractivity contribution < 1.29 is 9.90 Å². The van der Waals surface area contributed by atoms with Crippen LogP contribution in [0.2, 0.25) is 0 Å². The third kappa shape index (κ3) is 3.34. The van der Waals surface area contributed by atoms with E-state index >= 15 is 0 Å². The van der Waals surface area contributed by atoms with Gasteiger partial charge in [-0.05, 0) is 35.4 Å². The summed E-state index contributed by atoms with van der Waals surface area (Å²) in [6.45, 7) is 1.72. The van der Waals surface area contributed by atoms with Crippen LogP contribution in [0, 0.1) is 0 Å². The molecule has 0 aliphatic rings. The predicted molar refractivity (Wildman–Crippen MR) is 93.8 cm³/mol. The van der Waals surface area contributed by atoms with Crippen LogP contribution in [0.25, 0.3) is 10.8 Å². The zero-order valence-electron chi connectivity index (χ0n) is 13.0. The number of nitrogens with one attached hydrogen (secondary N) is 1. The van der Waals surface area contributed by atoms with E-state index in [1.165, 1.54) is 0 Å². The Bertz CT molecular complexity index is 829. The Morgan fingerprint density at radius 2 is 1.61 bits per heavy atom. The zero-order chi connectivity index (χ0) is 16.3. The van der Waals surface area contributed by atoms with Gasteiger partial charge in [0.25, 0.3) is 0 Å². The number of fused-ring (bicyclic) bond motifs is 1. The fourth-order valence-corrected chi connectivity index (χ4v) is 2.76. The maximum absolute atomic E-state index is 11.8. The van der Waals surface area contributed by atoms with Gasteiger partial charge >= 0.3 is 5.97 Å². The van der Waals surface area contributed by atoms with Gasteiger partial charge in [0, 0.05) is 12.1 Å². The van der Waals surface area contributed by atoms with E-state index in [9.17, 15) is 9.90 Å². The summed E-state index contributed by atoms with van der Waals surface area (Å²) in [5, 5.41) is 15.1. The zero-order valence-corrected chi connectivity index (χ0v) is 13.0. The number of carbonyl (C=O) groups is 1. The van der Waals surface area contributed by atoms with Crippen LogP contribution in [0.15, 0.2) is 72.8 Å². The molecule has 116 valence electrons. The highest BCUT2D eigenvalue weighted by Crippen LogP contribution is 2.24. The molecule has 0 amide bonds. The molecule has 0 spiro atoms. The van der Waals surface area contributed by atoms with E-state index in [0.29, 0.717) is 6.42 Å². The summed E-state index contributed by atoms with van der Waals surface area (Å²) in [7, 11) is 0. The molecule has 0 radical (unpaired) electrons. The Hall–Kier alpha value is -2.81. The standard InChI is InChI=1S/C20H19NO2/c1-20(19(22)23,14-15-7-3-2-4-8-15)21-18-12-11-16-9-5-6-10-17(16)13-18/h2-13,21H,14H2,1H3,(H,22,23). The van der Waals surface area contributed by atoms with Gasteiger partial charge in [0.15, 0.2) is 0 Å². The number of rotatable bonds is 5. The summed E-state index contributed by atoms with van der Waals surface area (Å²) < 4.78 is 0. The van der Waals surface area contributed by atoms with Crippen LogP contribution in [-0.4, -0.2) is 16.6 Å². The van der Waals surface area contributed by atoms with E-state index < -0.39 is 11.5 Å². The molecule has 23 heavy (non-hydrogen) atoms. The Balaban J connectivity index is 1.90. The molecule has 0 saturated heterocycles.